The summed E-state index contributed by atoms with van der Waals surface area (Å²) >= 11 is 0. The number of benzene rings is 1. The molecule has 1 aliphatic heterocycles. The van der Waals surface area contributed by atoms with E-state index < -0.39 is 5.54 Å². The molecule has 3 nitrogen and oxygen atoms in total. The number of hydrogen-bond acceptors (Lipinski definition) is 3. The minimum absolute atomic E-state index is 0.0412. The number of ketones is 1. The molecule has 0 saturated carbocycles. The summed E-state index contributed by atoms with van der Waals surface area (Å²) in [4.78, 5) is 12.3. The largest absolute Gasteiger partial charge is 0.381 e. The van der Waals surface area contributed by atoms with Crippen molar-refractivity contribution in [2.24, 2.45) is 5.73 Å². The molecular formula is C13H17NO2. The maximum Gasteiger partial charge on any atom is 0.182 e. The zero-order valence-corrected chi connectivity index (χ0v) is 9.53. The fourth-order valence-electron chi connectivity index (χ4n) is 2.04. The van der Waals surface area contributed by atoms with Crippen molar-refractivity contribution < 1.29 is 9.53 Å². The first-order chi connectivity index (χ1) is 7.62. The van der Waals surface area contributed by atoms with Gasteiger partial charge in [-0.1, -0.05) is 23.8 Å². The molecule has 1 aromatic carbocycles. The second-order valence-electron chi connectivity index (χ2n) is 4.47. The van der Waals surface area contributed by atoms with Crippen molar-refractivity contribution in [1.29, 1.82) is 0 Å². The number of hydrogen-bond donors (Lipinski definition) is 1. The van der Waals surface area contributed by atoms with Gasteiger partial charge < -0.3 is 10.5 Å². The van der Waals surface area contributed by atoms with Crippen molar-refractivity contribution >= 4 is 5.78 Å². The molecule has 16 heavy (non-hydrogen) atoms. The van der Waals surface area contributed by atoms with Crippen molar-refractivity contribution in [3.63, 3.8) is 0 Å². The first-order valence-corrected chi connectivity index (χ1v) is 5.60. The van der Waals surface area contributed by atoms with E-state index in [0.29, 0.717) is 31.6 Å². The Morgan fingerprint density at radius 3 is 2.69 bits per heavy atom. The van der Waals surface area contributed by atoms with Gasteiger partial charge >= 0.3 is 0 Å². The average molecular weight is 219 g/mol. The first kappa shape index (κ1) is 11.3. The molecule has 1 fully saturated rings. The monoisotopic (exact) mass is 219 g/mol. The Labute approximate surface area is 95.6 Å². The fourth-order valence-corrected chi connectivity index (χ4v) is 2.04. The van der Waals surface area contributed by atoms with E-state index in [-0.39, 0.29) is 5.78 Å². The summed E-state index contributed by atoms with van der Waals surface area (Å²) in [5.41, 5.74) is 7.22. The highest BCUT2D eigenvalue weighted by molar-refractivity contribution is 6.03. The van der Waals surface area contributed by atoms with Crippen LogP contribution in [0.2, 0.25) is 0 Å². The van der Waals surface area contributed by atoms with E-state index in [1.807, 2.05) is 31.2 Å². The number of rotatable bonds is 2. The van der Waals surface area contributed by atoms with Crippen LogP contribution in [0.5, 0.6) is 0 Å². The van der Waals surface area contributed by atoms with E-state index in [1.54, 1.807) is 0 Å². The molecule has 1 aliphatic rings. The molecule has 1 saturated heterocycles. The summed E-state index contributed by atoms with van der Waals surface area (Å²) in [7, 11) is 0. The fraction of sp³-hybridized carbons (Fsp3) is 0.462. The SMILES string of the molecule is Cc1cccc(C(=O)C2(N)CCOCC2)c1. The number of Topliss-reactive ketones (excluding diaryl/α,β-unsaturated/α-hetero) is 1. The van der Waals surface area contributed by atoms with Crippen molar-refractivity contribution in [2.75, 3.05) is 13.2 Å². The highest BCUT2D eigenvalue weighted by Crippen LogP contribution is 2.23. The summed E-state index contributed by atoms with van der Waals surface area (Å²) < 4.78 is 5.24. The van der Waals surface area contributed by atoms with Gasteiger partial charge in [-0.2, -0.15) is 0 Å². The third-order valence-electron chi connectivity index (χ3n) is 3.12. The van der Waals surface area contributed by atoms with Crippen LogP contribution < -0.4 is 5.73 Å². The number of aryl methyl sites for hydroxylation is 1. The molecule has 0 spiro atoms. The zero-order chi connectivity index (χ0) is 11.6. The van der Waals surface area contributed by atoms with Gasteiger partial charge in [0.05, 0.1) is 5.54 Å². The van der Waals surface area contributed by atoms with Crippen LogP contribution in [0, 0.1) is 6.92 Å². The highest BCUT2D eigenvalue weighted by atomic mass is 16.5. The van der Waals surface area contributed by atoms with Crippen molar-refractivity contribution in [2.45, 2.75) is 25.3 Å². The molecule has 1 aromatic rings. The molecule has 0 unspecified atom stereocenters. The van der Waals surface area contributed by atoms with Crippen LogP contribution in [0.15, 0.2) is 24.3 Å². The van der Waals surface area contributed by atoms with Crippen LogP contribution in [-0.2, 0) is 4.74 Å². The molecule has 0 bridgehead atoms. The summed E-state index contributed by atoms with van der Waals surface area (Å²) in [6.07, 6.45) is 1.22. The van der Waals surface area contributed by atoms with E-state index in [2.05, 4.69) is 0 Å². The Balaban J connectivity index is 2.24. The maximum atomic E-state index is 12.3. The second-order valence-corrected chi connectivity index (χ2v) is 4.47. The van der Waals surface area contributed by atoms with Gasteiger partial charge in [0.1, 0.15) is 0 Å². The van der Waals surface area contributed by atoms with Crippen LogP contribution in [-0.4, -0.2) is 24.5 Å². The van der Waals surface area contributed by atoms with Crippen molar-refractivity contribution in [1.82, 2.24) is 0 Å². The lowest BCUT2D eigenvalue weighted by Crippen LogP contribution is -2.51. The maximum absolute atomic E-state index is 12.3. The third kappa shape index (κ3) is 2.15. The van der Waals surface area contributed by atoms with Gasteiger partial charge in [0.15, 0.2) is 5.78 Å². The van der Waals surface area contributed by atoms with Crippen LogP contribution in [0.25, 0.3) is 0 Å². The standard InChI is InChI=1S/C13H17NO2/c1-10-3-2-4-11(9-10)12(15)13(14)5-7-16-8-6-13/h2-4,9H,5-8,14H2,1H3. The number of nitrogens with two attached hydrogens (primary N) is 1. The van der Waals surface area contributed by atoms with Gasteiger partial charge in [0.2, 0.25) is 0 Å². The molecule has 0 aromatic heterocycles. The predicted octanol–water partition coefficient (Wildman–Crippen LogP) is 1.69. The number of ether oxygens (including phenoxy) is 1. The molecule has 3 heteroatoms. The molecule has 0 amide bonds. The number of carbonyl (C=O) groups is 1. The highest BCUT2D eigenvalue weighted by Gasteiger charge is 2.36. The molecule has 0 aliphatic carbocycles. The van der Waals surface area contributed by atoms with Crippen LogP contribution in [0.1, 0.15) is 28.8 Å². The molecule has 0 radical (unpaired) electrons. The van der Waals surface area contributed by atoms with Gasteiger partial charge in [-0.3, -0.25) is 4.79 Å². The Morgan fingerprint density at radius 1 is 1.38 bits per heavy atom. The van der Waals surface area contributed by atoms with E-state index >= 15 is 0 Å². The lowest BCUT2D eigenvalue weighted by atomic mass is 9.83. The van der Waals surface area contributed by atoms with Crippen LogP contribution >= 0.6 is 0 Å². The quantitative estimate of drug-likeness (QED) is 0.770. The third-order valence-corrected chi connectivity index (χ3v) is 3.12. The second kappa shape index (κ2) is 4.36. The van der Waals surface area contributed by atoms with Crippen LogP contribution in [0.3, 0.4) is 0 Å². The van der Waals surface area contributed by atoms with E-state index in [4.69, 9.17) is 10.5 Å². The van der Waals surface area contributed by atoms with E-state index in [9.17, 15) is 4.79 Å². The lowest BCUT2D eigenvalue weighted by Gasteiger charge is -2.31. The van der Waals surface area contributed by atoms with Crippen molar-refractivity contribution in [3.8, 4) is 0 Å². The molecule has 0 atom stereocenters. The summed E-state index contributed by atoms with van der Waals surface area (Å²) in [6, 6.07) is 7.60. The summed E-state index contributed by atoms with van der Waals surface area (Å²) in [5, 5.41) is 0. The minimum atomic E-state index is -0.730. The van der Waals surface area contributed by atoms with E-state index in [0.717, 1.165) is 5.56 Å². The van der Waals surface area contributed by atoms with Gasteiger partial charge in [0, 0.05) is 18.8 Å². The summed E-state index contributed by atoms with van der Waals surface area (Å²) in [5.74, 6) is 0.0412. The Kier molecular flexibility index (Phi) is 3.08. The zero-order valence-electron chi connectivity index (χ0n) is 9.53. The van der Waals surface area contributed by atoms with Gasteiger partial charge in [0.25, 0.3) is 0 Å². The predicted molar refractivity (Wildman–Crippen MR) is 62.5 cm³/mol. The Morgan fingerprint density at radius 2 is 2.06 bits per heavy atom. The van der Waals surface area contributed by atoms with Gasteiger partial charge in [-0.15, -0.1) is 0 Å². The van der Waals surface area contributed by atoms with Crippen LogP contribution in [0.4, 0.5) is 0 Å². The lowest BCUT2D eigenvalue weighted by molar-refractivity contribution is 0.0448. The minimum Gasteiger partial charge on any atom is -0.381 e. The van der Waals surface area contributed by atoms with Gasteiger partial charge in [-0.05, 0) is 25.8 Å². The summed E-state index contributed by atoms with van der Waals surface area (Å²) in [6.45, 7) is 3.13. The topological polar surface area (TPSA) is 52.3 Å². The first-order valence-electron chi connectivity index (χ1n) is 5.60. The Hall–Kier alpha value is -1.19. The molecule has 86 valence electrons. The smallest absolute Gasteiger partial charge is 0.182 e. The molecule has 2 N–H and O–H groups in total. The average Bonchev–Trinajstić information content (AvgIpc) is 2.29. The molecule has 2 rings (SSSR count). The molecule has 1 heterocycles. The molecular weight excluding hydrogens is 202 g/mol. The van der Waals surface area contributed by atoms with Gasteiger partial charge in [-0.25, -0.2) is 0 Å². The van der Waals surface area contributed by atoms with E-state index in [1.165, 1.54) is 0 Å². The Bertz CT molecular complexity index is 395. The normalized spacial score (nSPS) is 19.4. The van der Waals surface area contributed by atoms with Crippen molar-refractivity contribution in [3.05, 3.63) is 35.4 Å². The number of carbonyl (C=O) groups excluding carboxylic acids is 1.